The van der Waals surface area contributed by atoms with Crippen molar-refractivity contribution >= 4 is 17.7 Å². The van der Waals surface area contributed by atoms with Gasteiger partial charge in [-0.2, -0.15) is 4.98 Å². The van der Waals surface area contributed by atoms with Gasteiger partial charge in [0.1, 0.15) is 11.8 Å². The van der Waals surface area contributed by atoms with Crippen molar-refractivity contribution < 1.29 is 14.1 Å². The third-order valence-electron chi connectivity index (χ3n) is 4.24. The Kier molecular flexibility index (Phi) is 5.63. The molecule has 1 unspecified atom stereocenters. The minimum absolute atomic E-state index is 0.0969. The van der Waals surface area contributed by atoms with Gasteiger partial charge in [0.25, 0.3) is 0 Å². The summed E-state index contributed by atoms with van der Waals surface area (Å²) in [5.41, 5.74) is 0. The normalized spacial score (nSPS) is 17.3. The molecule has 1 fully saturated rings. The first-order valence-corrected chi connectivity index (χ1v) is 9.47. The number of carbonyl (C=O) groups excluding carboxylic acids is 1. The molecule has 1 aromatic carbocycles. The molecule has 25 heavy (non-hydrogen) atoms. The molecular formula is C18H23N3O3S. The molecule has 3 rings (SSSR count). The fourth-order valence-electron chi connectivity index (χ4n) is 2.86. The van der Waals surface area contributed by atoms with Gasteiger partial charge in [-0.1, -0.05) is 25.1 Å². The molecule has 1 saturated heterocycles. The van der Waals surface area contributed by atoms with Crippen molar-refractivity contribution in [1.29, 1.82) is 0 Å². The molecule has 0 N–H and O–H groups in total. The van der Waals surface area contributed by atoms with Gasteiger partial charge in [-0.15, -0.1) is 11.8 Å². The van der Waals surface area contributed by atoms with Gasteiger partial charge in [-0.3, -0.25) is 4.79 Å². The van der Waals surface area contributed by atoms with E-state index < -0.39 is 0 Å². The van der Waals surface area contributed by atoms with Gasteiger partial charge >= 0.3 is 0 Å². The predicted molar refractivity (Wildman–Crippen MR) is 95.8 cm³/mol. The molecule has 1 atom stereocenters. The number of aromatic nitrogens is 2. The summed E-state index contributed by atoms with van der Waals surface area (Å²) >= 11 is 1.51. The molecule has 1 aromatic heterocycles. The largest absolute Gasteiger partial charge is 0.497 e. The van der Waals surface area contributed by atoms with E-state index in [0.717, 1.165) is 30.0 Å². The zero-order valence-electron chi connectivity index (χ0n) is 14.8. The zero-order valence-corrected chi connectivity index (χ0v) is 15.6. The minimum atomic E-state index is -0.0987. The Labute approximate surface area is 151 Å². The highest BCUT2D eigenvalue weighted by molar-refractivity contribution is 8.00. The molecule has 1 amide bonds. The first-order valence-electron chi connectivity index (χ1n) is 8.48. The van der Waals surface area contributed by atoms with Crippen LogP contribution in [0.3, 0.4) is 0 Å². The average molecular weight is 361 g/mol. The van der Waals surface area contributed by atoms with Gasteiger partial charge < -0.3 is 14.2 Å². The third kappa shape index (κ3) is 4.15. The number of rotatable bonds is 6. The predicted octanol–water partition coefficient (Wildman–Crippen LogP) is 3.66. The standard InChI is InChI=1S/C18H23N3O3S/c1-12(2)17-19-18(24-20-17)15-8-5-9-21(15)16(22)11-25-14-7-4-6-13(10-14)23-3/h4,6-7,10,12,15H,5,8-9,11H2,1-3H3. The summed E-state index contributed by atoms with van der Waals surface area (Å²) < 4.78 is 10.6. The van der Waals surface area contributed by atoms with E-state index >= 15 is 0 Å². The highest BCUT2D eigenvalue weighted by Gasteiger charge is 2.34. The SMILES string of the molecule is COc1cccc(SCC(=O)N2CCCC2c2nc(C(C)C)no2)c1. The number of nitrogens with zero attached hydrogens (tertiary/aromatic N) is 3. The molecule has 0 radical (unpaired) electrons. The number of methoxy groups -OCH3 is 1. The summed E-state index contributed by atoms with van der Waals surface area (Å²) in [6, 6.07) is 7.64. The third-order valence-corrected chi connectivity index (χ3v) is 5.21. The van der Waals surface area contributed by atoms with Gasteiger partial charge in [-0.05, 0) is 31.0 Å². The summed E-state index contributed by atoms with van der Waals surface area (Å²) in [6.45, 7) is 4.79. The molecule has 7 heteroatoms. The average Bonchev–Trinajstić information content (AvgIpc) is 3.28. The maximum absolute atomic E-state index is 12.7. The lowest BCUT2D eigenvalue weighted by Crippen LogP contribution is -2.32. The summed E-state index contributed by atoms with van der Waals surface area (Å²) in [4.78, 5) is 20.0. The van der Waals surface area contributed by atoms with Crippen molar-refractivity contribution in [3.63, 3.8) is 0 Å². The van der Waals surface area contributed by atoms with Crippen LogP contribution in [0.1, 0.15) is 50.4 Å². The van der Waals surface area contributed by atoms with Gasteiger partial charge in [0.05, 0.1) is 12.9 Å². The molecular weight excluding hydrogens is 338 g/mol. The van der Waals surface area contributed by atoms with Crippen LogP contribution in [0.25, 0.3) is 0 Å². The Morgan fingerprint density at radius 3 is 3.04 bits per heavy atom. The van der Waals surface area contributed by atoms with Gasteiger partial charge in [0, 0.05) is 17.4 Å². The monoisotopic (exact) mass is 361 g/mol. The molecule has 0 spiro atoms. The topological polar surface area (TPSA) is 68.5 Å². The van der Waals surface area contributed by atoms with Crippen LogP contribution in [0.5, 0.6) is 5.75 Å². The second-order valence-electron chi connectivity index (χ2n) is 6.36. The van der Waals surface area contributed by atoms with Crippen LogP contribution < -0.4 is 4.74 Å². The Hall–Kier alpha value is -2.02. The van der Waals surface area contributed by atoms with E-state index in [-0.39, 0.29) is 17.9 Å². The number of hydrogen-bond donors (Lipinski definition) is 0. The van der Waals surface area contributed by atoms with Crippen LogP contribution in [-0.4, -0.2) is 40.4 Å². The van der Waals surface area contributed by atoms with E-state index in [9.17, 15) is 4.79 Å². The number of thioether (sulfide) groups is 1. The second-order valence-corrected chi connectivity index (χ2v) is 7.41. The van der Waals surface area contributed by atoms with E-state index in [1.54, 1.807) is 7.11 Å². The first-order chi connectivity index (χ1) is 12.1. The van der Waals surface area contributed by atoms with E-state index in [1.165, 1.54) is 11.8 Å². The van der Waals surface area contributed by atoms with Crippen LogP contribution in [0, 0.1) is 0 Å². The maximum atomic E-state index is 12.7. The molecule has 0 aliphatic carbocycles. The van der Waals surface area contributed by atoms with Crippen molar-refractivity contribution in [3.05, 3.63) is 36.0 Å². The summed E-state index contributed by atoms with van der Waals surface area (Å²) in [5, 5.41) is 4.02. The maximum Gasteiger partial charge on any atom is 0.249 e. The van der Waals surface area contributed by atoms with E-state index in [4.69, 9.17) is 9.26 Å². The van der Waals surface area contributed by atoms with E-state index in [2.05, 4.69) is 10.1 Å². The number of benzene rings is 1. The molecule has 6 nitrogen and oxygen atoms in total. The summed E-state index contributed by atoms with van der Waals surface area (Å²) in [5.74, 6) is 2.74. The van der Waals surface area contributed by atoms with Crippen LogP contribution in [0.2, 0.25) is 0 Å². The molecule has 1 aliphatic rings. The number of likely N-dealkylation sites (tertiary alicyclic amines) is 1. The minimum Gasteiger partial charge on any atom is -0.497 e. The van der Waals surface area contributed by atoms with Crippen LogP contribution >= 0.6 is 11.8 Å². The molecule has 2 heterocycles. The van der Waals surface area contributed by atoms with E-state index in [1.807, 2.05) is 43.0 Å². The molecule has 134 valence electrons. The lowest BCUT2D eigenvalue weighted by molar-refractivity contribution is -0.129. The zero-order chi connectivity index (χ0) is 17.8. The van der Waals surface area contributed by atoms with Gasteiger partial charge in [-0.25, -0.2) is 0 Å². The van der Waals surface area contributed by atoms with Gasteiger partial charge in [0.15, 0.2) is 5.82 Å². The smallest absolute Gasteiger partial charge is 0.249 e. The highest BCUT2D eigenvalue weighted by atomic mass is 32.2. The molecule has 1 aliphatic heterocycles. The Morgan fingerprint density at radius 1 is 1.48 bits per heavy atom. The summed E-state index contributed by atoms with van der Waals surface area (Å²) in [7, 11) is 1.64. The number of hydrogen-bond acceptors (Lipinski definition) is 6. The summed E-state index contributed by atoms with van der Waals surface area (Å²) in [6.07, 6.45) is 1.83. The second kappa shape index (κ2) is 7.91. The van der Waals surface area contributed by atoms with Crippen molar-refractivity contribution in [3.8, 4) is 5.75 Å². The first kappa shape index (κ1) is 17.8. The molecule has 0 bridgehead atoms. The Balaban J connectivity index is 1.63. The van der Waals surface area contributed by atoms with Crippen molar-refractivity contribution in [2.24, 2.45) is 0 Å². The number of amides is 1. The van der Waals surface area contributed by atoms with Crippen molar-refractivity contribution in [2.45, 2.75) is 43.5 Å². The van der Waals surface area contributed by atoms with Gasteiger partial charge in [0.2, 0.25) is 11.8 Å². The Morgan fingerprint density at radius 2 is 2.32 bits per heavy atom. The molecule has 2 aromatic rings. The lowest BCUT2D eigenvalue weighted by atomic mass is 10.2. The quantitative estimate of drug-likeness (QED) is 0.732. The van der Waals surface area contributed by atoms with Crippen molar-refractivity contribution in [1.82, 2.24) is 15.0 Å². The van der Waals surface area contributed by atoms with E-state index in [0.29, 0.717) is 17.5 Å². The number of carbonyl (C=O) groups is 1. The number of ether oxygens (including phenoxy) is 1. The van der Waals surface area contributed by atoms with Crippen molar-refractivity contribution in [2.75, 3.05) is 19.4 Å². The fourth-order valence-corrected chi connectivity index (χ4v) is 3.69. The highest BCUT2D eigenvalue weighted by Crippen LogP contribution is 2.33. The molecule has 0 saturated carbocycles. The Bertz CT molecular complexity index is 732. The van der Waals surface area contributed by atoms with Crippen LogP contribution in [0.4, 0.5) is 0 Å². The lowest BCUT2D eigenvalue weighted by Gasteiger charge is -2.21. The fraction of sp³-hybridized carbons (Fsp3) is 0.500. The van der Waals surface area contributed by atoms with Crippen LogP contribution in [0.15, 0.2) is 33.7 Å². The van der Waals surface area contributed by atoms with Crippen LogP contribution in [-0.2, 0) is 4.79 Å².